The molecule has 0 aliphatic rings. The number of aromatic nitrogens is 2. The lowest BCUT2D eigenvalue weighted by atomic mass is 9.97. The van der Waals surface area contributed by atoms with Crippen molar-refractivity contribution in [1.29, 1.82) is 0 Å². The quantitative estimate of drug-likeness (QED) is 0.622. The molecule has 0 saturated carbocycles. The Balaban J connectivity index is 2.01. The molecule has 0 atom stereocenters. The van der Waals surface area contributed by atoms with E-state index in [-0.39, 0.29) is 5.41 Å². The summed E-state index contributed by atoms with van der Waals surface area (Å²) >= 11 is 0. The number of guanidine groups is 1. The zero-order chi connectivity index (χ0) is 18.3. The molecule has 0 spiro atoms. The number of benzene rings is 1. The Morgan fingerprint density at radius 2 is 1.84 bits per heavy atom. The molecular weight excluding hydrogens is 314 g/mol. The first kappa shape index (κ1) is 19.0. The summed E-state index contributed by atoms with van der Waals surface area (Å²) in [6.45, 7) is 12.3. The molecule has 1 heterocycles. The molecule has 6 nitrogen and oxygen atoms in total. The molecule has 0 bridgehead atoms. The monoisotopic (exact) mass is 343 g/mol. The zero-order valence-electron chi connectivity index (χ0n) is 15.9. The predicted molar refractivity (Wildman–Crippen MR) is 100 cm³/mol. The number of nitrogens with zero attached hydrogens (tertiary/aromatic N) is 3. The van der Waals surface area contributed by atoms with Crippen LogP contribution in [0.1, 0.15) is 57.5 Å². The molecule has 1 aromatic carbocycles. The van der Waals surface area contributed by atoms with Gasteiger partial charge in [-0.2, -0.15) is 4.98 Å². The number of aliphatic imine (C=N–C) groups is 1. The standard InChI is InChI=1S/C19H29N5O/c1-6-14-10-8-9-11-15(14)12-21-18(20-7-2)22-13-16-23-17(25-24-16)19(3,4)5/h8-11H,6-7,12-13H2,1-5H3,(H2,20,21,22). The van der Waals surface area contributed by atoms with Gasteiger partial charge >= 0.3 is 0 Å². The highest BCUT2D eigenvalue weighted by atomic mass is 16.5. The third-order valence-corrected chi connectivity index (χ3v) is 3.77. The van der Waals surface area contributed by atoms with Crippen LogP contribution in [-0.4, -0.2) is 22.6 Å². The molecule has 2 N–H and O–H groups in total. The van der Waals surface area contributed by atoms with Crippen molar-refractivity contribution in [2.45, 2.75) is 59.5 Å². The van der Waals surface area contributed by atoms with Crippen molar-refractivity contribution in [2.75, 3.05) is 6.54 Å². The highest BCUT2D eigenvalue weighted by Crippen LogP contribution is 2.19. The van der Waals surface area contributed by atoms with E-state index in [0.29, 0.717) is 24.8 Å². The van der Waals surface area contributed by atoms with Gasteiger partial charge in [0.25, 0.3) is 0 Å². The van der Waals surface area contributed by atoms with Crippen LogP contribution >= 0.6 is 0 Å². The number of rotatable bonds is 6. The summed E-state index contributed by atoms with van der Waals surface area (Å²) in [6, 6.07) is 8.40. The van der Waals surface area contributed by atoms with Gasteiger partial charge in [0.1, 0.15) is 0 Å². The maximum Gasteiger partial charge on any atom is 0.232 e. The van der Waals surface area contributed by atoms with Crippen molar-refractivity contribution in [2.24, 2.45) is 4.99 Å². The van der Waals surface area contributed by atoms with Gasteiger partial charge in [-0.15, -0.1) is 0 Å². The van der Waals surface area contributed by atoms with E-state index < -0.39 is 0 Å². The molecule has 2 rings (SSSR count). The molecule has 0 fully saturated rings. The first-order chi connectivity index (χ1) is 11.9. The van der Waals surface area contributed by atoms with Crippen LogP contribution in [0.25, 0.3) is 0 Å². The molecule has 1 aromatic heterocycles. The van der Waals surface area contributed by atoms with Gasteiger partial charge < -0.3 is 15.2 Å². The smallest absolute Gasteiger partial charge is 0.232 e. The van der Waals surface area contributed by atoms with E-state index in [1.807, 2.05) is 6.92 Å². The van der Waals surface area contributed by atoms with E-state index in [0.717, 1.165) is 18.9 Å². The van der Waals surface area contributed by atoms with Crippen molar-refractivity contribution in [3.05, 3.63) is 47.1 Å². The molecule has 136 valence electrons. The largest absolute Gasteiger partial charge is 0.357 e. The second-order valence-corrected chi connectivity index (χ2v) is 6.94. The molecule has 2 aromatic rings. The second-order valence-electron chi connectivity index (χ2n) is 6.94. The summed E-state index contributed by atoms with van der Waals surface area (Å²) < 4.78 is 5.32. The minimum Gasteiger partial charge on any atom is -0.357 e. The summed E-state index contributed by atoms with van der Waals surface area (Å²) in [7, 11) is 0. The summed E-state index contributed by atoms with van der Waals surface area (Å²) in [5.41, 5.74) is 2.43. The van der Waals surface area contributed by atoms with Crippen molar-refractivity contribution in [3.63, 3.8) is 0 Å². The third kappa shape index (κ3) is 5.59. The Bertz CT molecular complexity index is 700. The first-order valence-corrected chi connectivity index (χ1v) is 8.86. The molecule has 0 unspecified atom stereocenters. The third-order valence-electron chi connectivity index (χ3n) is 3.77. The molecule has 25 heavy (non-hydrogen) atoms. The fraction of sp³-hybridized carbons (Fsp3) is 0.526. The van der Waals surface area contributed by atoms with Crippen LogP contribution in [0.3, 0.4) is 0 Å². The van der Waals surface area contributed by atoms with Gasteiger partial charge in [-0.3, -0.25) is 0 Å². The molecule has 0 aliphatic heterocycles. The molecule has 0 radical (unpaired) electrons. The van der Waals surface area contributed by atoms with Gasteiger partial charge in [-0.05, 0) is 24.5 Å². The summed E-state index contributed by atoms with van der Waals surface area (Å²) in [6.07, 6.45) is 1.01. The zero-order valence-corrected chi connectivity index (χ0v) is 15.9. The lowest BCUT2D eigenvalue weighted by Crippen LogP contribution is -2.37. The minimum atomic E-state index is -0.145. The fourth-order valence-electron chi connectivity index (χ4n) is 2.36. The number of aryl methyl sites for hydroxylation is 1. The van der Waals surface area contributed by atoms with Crippen LogP contribution in [0.15, 0.2) is 33.8 Å². The van der Waals surface area contributed by atoms with Gasteiger partial charge in [-0.1, -0.05) is 57.1 Å². The minimum absolute atomic E-state index is 0.145. The fourth-order valence-corrected chi connectivity index (χ4v) is 2.36. The van der Waals surface area contributed by atoms with Gasteiger partial charge in [0.2, 0.25) is 5.89 Å². The maximum atomic E-state index is 5.32. The average molecular weight is 343 g/mol. The van der Waals surface area contributed by atoms with Gasteiger partial charge in [0.15, 0.2) is 11.8 Å². The Morgan fingerprint density at radius 3 is 2.44 bits per heavy atom. The van der Waals surface area contributed by atoms with Crippen LogP contribution < -0.4 is 10.6 Å². The number of hydrogen-bond donors (Lipinski definition) is 2. The van der Waals surface area contributed by atoms with Crippen LogP contribution in [0.2, 0.25) is 0 Å². The van der Waals surface area contributed by atoms with E-state index in [9.17, 15) is 0 Å². The van der Waals surface area contributed by atoms with E-state index >= 15 is 0 Å². The highest BCUT2D eigenvalue weighted by molar-refractivity contribution is 5.79. The summed E-state index contributed by atoms with van der Waals surface area (Å²) in [4.78, 5) is 9.11. The van der Waals surface area contributed by atoms with Crippen molar-refractivity contribution in [3.8, 4) is 0 Å². The summed E-state index contributed by atoms with van der Waals surface area (Å²) in [5.74, 6) is 2.02. The Labute approximate surface area is 150 Å². The second kappa shape index (κ2) is 8.65. The van der Waals surface area contributed by atoms with Crippen molar-refractivity contribution in [1.82, 2.24) is 20.8 Å². The number of hydrogen-bond acceptors (Lipinski definition) is 4. The lowest BCUT2D eigenvalue weighted by molar-refractivity contribution is 0.318. The summed E-state index contributed by atoms with van der Waals surface area (Å²) in [5, 5.41) is 10.5. The van der Waals surface area contributed by atoms with Gasteiger partial charge in [0.05, 0.1) is 13.1 Å². The Morgan fingerprint density at radius 1 is 1.12 bits per heavy atom. The van der Waals surface area contributed by atoms with Crippen molar-refractivity contribution >= 4 is 5.96 Å². The van der Waals surface area contributed by atoms with Crippen LogP contribution in [0.5, 0.6) is 0 Å². The molecular formula is C19H29N5O. The van der Waals surface area contributed by atoms with E-state index in [1.54, 1.807) is 0 Å². The van der Waals surface area contributed by atoms with Crippen LogP contribution in [0, 0.1) is 0 Å². The Kier molecular flexibility index (Phi) is 6.56. The van der Waals surface area contributed by atoms with E-state index in [2.05, 4.69) is 77.7 Å². The number of nitrogens with one attached hydrogen (secondary N) is 2. The molecule has 0 saturated heterocycles. The first-order valence-electron chi connectivity index (χ1n) is 8.86. The molecule has 0 amide bonds. The topological polar surface area (TPSA) is 75.3 Å². The molecule has 0 aliphatic carbocycles. The SMILES string of the molecule is CCNC(=NCc1ccccc1CC)NCc1noc(C(C)(C)C)n1. The highest BCUT2D eigenvalue weighted by Gasteiger charge is 2.21. The van der Waals surface area contributed by atoms with Crippen molar-refractivity contribution < 1.29 is 4.52 Å². The molecule has 6 heteroatoms. The van der Waals surface area contributed by atoms with E-state index in [4.69, 9.17) is 4.52 Å². The van der Waals surface area contributed by atoms with Gasteiger partial charge in [0, 0.05) is 12.0 Å². The van der Waals surface area contributed by atoms with E-state index in [1.165, 1.54) is 11.1 Å². The van der Waals surface area contributed by atoms with Gasteiger partial charge in [-0.25, -0.2) is 4.99 Å². The maximum absolute atomic E-state index is 5.32. The predicted octanol–water partition coefficient (Wildman–Crippen LogP) is 3.18. The van der Waals surface area contributed by atoms with Crippen LogP contribution in [0.4, 0.5) is 0 Å². The Hall–Kier alpha value is -2.37. The normalized spacial score (nSPS) is 12.3. The average Bonchev–Trinajstić information content (AvgIpc) is 3.07. The van der Waals surface area contributed by atoms with Crippen LogP contribution in [-0.2, 0) is 24.9 Å². The lowest BCUT2D eigenvalue weighted by Gasteiger charge is -2.11.